The Kier molecular flexibility index (Phi) is 6.41. The van der Waals surface area contributed by atoms with Gasteiger partial charge in [0.1, 0.15) is 0 Å². The molecular formula is C22H29N3O6. The van der Waals surface area contributed by atoms with E-state index in [0.29, 0.717) is 43.8 Å². The number of non-ortho nitro benzene ring substituents is 1. The molecule has 1 heterocycles. The molecule has 0 radical (unpaired) electrons. The first kappa shape index (κ1) is 21.5. The fourth-order valence-electron chi connectivity index (χ4n) is 5.40. The van der Waals surface area contributed by atoms with Gasteiger partial charge in [-0.25, -0.2) is 4.79 Å². The lowest BCUT2D eigenvalue weighted by Crippen LogP contribution is -2.42. The number of nitrogens with one attached hydrogen (secondary N) is 1. The van der Waals surface area contributed by atoms with Gasteiger partial charge in [-0.3, -0.25) is 14.9 Å². The van der Waals surface area contributed by atoms with Crippen LogP contribution in [0.3, 0.4) is 0 Å². The quantitative estimate of drug-likeness (QED) is 0.401. The number of hydrogen-bond donors (Lipinski definition) is 1. The van der Waals surface area contributed by atoms with E-state index in [1.165, 1.54) is 31.4 Å². The van der Waals surface area contributed by atoms with Crippen molar-refractivity contribution in [2.75, 3.05) is 37.8 Å². The number of nitro benzene ring substituents is 1. The molecule has 0 aromatic heterocycles. The Hall–Kier alpha value is -2.68. The van der Waals surface area contributed by atoms with Crippen LogP contribution < -0.4 is 10.2 Å². The summed E-state index contributed by atoms with van der Waals surface area (Å²) in [6.07, 6.45) is 4.95. The monoisotopic (exact) mass is 431 g/mol. The maximum atomic E-state index is 12.8. The molecule has 1 aromatic rings. The number of amides is 1. The standard InChI is InChI=1S/C22H29N3O6/c1-14(18-11-15-2-3-16(18)10-15)23-21(26)13-31-22(27)19-12-17(25(28)29)4-5-20(19)24-6-8-30-9-7-24/h4-5,12,14-16,18H,2-3,6-11,13H2,1H3,(H,23,26)/t14-,15+,16+,18-/m1/s1. The number of carbonyl (C=O) groups excluding carboxylic acids is 2. The molecule has 3 aliphatic rings. The van der Waals surface area contributed by atoms with Gasteiger partial charge in [0.05, 0.1) is 29.4 Å². The Morgan fingerprint density at radius 3 is 2.71 bits per heavy atom. The summed E-state index contributed by atoms with van der Waals surface area (Å²) >= 11 is 0. The van der Waals surface area contributed by atoms with Crippen molar-refractivity contribution in [3.8, 4) is 0 Å². The molecule has 1 amide bonds. The fraction of sp³-hybridized carbons (Fsp3) is 0.636. The largest absolute Gasteiger partial charge is 0.452 e. The highest BCUT2D eigenvalue weighted by Crippen LogP contribution is 2.49. The van der Waals surface area contributed by atoms with Crippen LogP contribution >= 0.6 is 0 Å². The van der Waals surface area contributed by atoms with Crippen LogP contribution in [0.25, 0.3) is 0 Å². The molecule has 168 valence electrons. The van der Waals surface area contributed by atoms with Gasteiger partial charge in [0.2, 0.25) is 0 Å². The lowest BCUT2D eigenvalue weighted by atomic mass is 9.84. The van der Waals surface area contributed by atoms with Crippen LogP contribution in [0.5, 0.6) is 0 Å². The summed E-state index contributed by atoms with van der Waals surface area (Å²) in [4.78, 5) is 37.7. The minimum absolute atomic E-state index is 0.0447. The fourth-order valence-corrected chi connectivity index (χ4v) is 5.40. The summed E-state index contributed by atoms with van der Waals surface area (Å²) in [5.41, 5.74) is 0.443. The Morgan fingerprint density at radius 2 is 2.06 bits per heavy atom. The average molecular weight is 431 g/mol. The van der Waals surface area contributed by atoms with Crippen molar-refractivity contribution in [3.63, 3.8) is 0 Å². The van der Waals surface area contributed by atoms with Gasteiger partial charge in [-0.1, -0.05) is 6.42 Å². The zero-order valence-electron chi connectivity index (χ0n) is 17.7. The number of benzene rings is 1. The van der Waals surface area contributed by atoms with E-state index in [1.807, 2.05) is 11.8 Å². The summed E-state index contributed by atoms with van der Waals surface area (Å²) in [5, 5.41) is 14.2. The molecule has 0 spiro atoms. The minimum atomic E-state index is -0.743. The first-order valence-electron chi connectivity index (χ1n) is 11.0. The summed E-state index contributed by atoms with van der Waals surface area (Å²) in [7, 11) is 0. The van der Waals surface area contributed by atoms with Gasteiger partial charge in [-0.2, -0.15) is 0 Å². The van der Waals surface area contributed by atoms with Gasteiger partial charge < -0.3 is 19.7 Å². The predicted octanol–water partition coefficient (Wildman–Crippen LogP) is 2.53. The number of anilines is 1. The van der Waals surface area contributed by atoms with Crippen molar-refractivity contribution in [1.82, 2.24) is 5.32 Å². The van der Waals surface area contributed by atoms with Crippen molar-refractivity contribution in [2.24, 2.45) is 17.8 Å². The molecule has 9 heteroatoms. The number of morpholine rings is 1. The van der Waals surface area contributed by atoms with Gasteiger partial charge in [-0.05, 0) is 50.0 Å². The van der Waals surface area contributed by atoms with Gasteiger partial charge in [0.25, 0.3) is 11.6 Å². The summed E-state index contributed by atoms with van der Waals surface area (Å²) in [6.45, 7) is 3.76. The second kappa shape index (κ2) is 9.21. The van der Waals surface area contributed by atoms with Crippen LogP contribution in [0.2, 0.25) is 0 Å². The number of nitrogens with zero attached hydrogens (tertiary/aromatic N) is 2. The first-order valence-corrected chi connectivity index (χ1v) is 11.0. The molecule has 0 unspecified atom stereocenters. The lowest BCUT2D eigenvalue weighted by molar-refractivity contribution is -0.384. The number of nitro groups is 1. The number of rotatable bonds is 7. The third kappa shape index (κ3) is 4.81. The second-order valence-corrected chi connectivity index (χ2v) is 8.83. The number of esters is 1. The average Bonchev–Trinajstić information content (AvgIpc) is 3.41. The zero-order valence-corrected chi connectivity index (χ0v) is 17.7. The molecule has 4 rings (SSSR count). The van der Waals surface area contributed by atoms with Gasteiger partial charge in [0, 0.05) is 31.3 Å². The SMILES string of the molecule is C[C@@H](NC(=O)COC(=O)c1cc([N+](=O)[O-])ccc1N1CCOCC1)[C@H]1C[C@H]2CC[C@H]1C2. The molecule has 2 aliphatic carbocycles. The van der Waals surface area contributed by atoms with Gasteiger partial charge in [-0.15, -0.1) is 0 Å². The maximum Gasteiger partial charge on any atom is 0.341 e. The van der Waals surface area contributed by atoms with E-state index in [4.69, 9.17) is 9.47 Å². The van der Waals surface area contributed by atoms with E-state index in [2.05, 4.69) is 5.32 Å². The van der Waals surface area contributed by atoms with Crippen molar-refractivity contribution < 1.29 is 24.0 Å². The van der Waals surface area contributed by atoms with Gasteiger partial charge in [0.15, 0.2) is 6.61 Å². The van der Waals surface area contributed by atoms with Crippen LogP contribution in [0.15, 0.2) is 18.2 Å². The molecule has 4 atom stereocenters. The molecule has 2 saturated carbocycles. The van der Waals surface area contributed by atoms with E-state index >= 15 is 0 Å². The Bertz CT molecular complexity index is 854. The maximum absolute atomic E-state index is 12.8. The molecular weight excluding hydrogens is 402 g/mol. The molecule has 31 heavy (non-hydrogen) atoms. The Morgan fingerprint density at radius 1 is 1.29 bits per heavy atom. The molecule has 1 aromatic carbocycles. The summed E-state index contributed by atoms with van der Waals surface area (Å²) in [6, 6.07) is 4.18. The third-order valence-electron chi connectivity index (χ3n) is 6.92. The minimum Gasteiger partial charge on any atom is -0.452 e. The van der Waals surface area contributed by atoms with E-state index in [9.17, 15) is 19.7 Å². The molecule has 1 N–H and O–H groups in total. The topological polar surface area (TPSA) is 111 Å². The van der Waals surface area contributed by atoms with Crippen LogP contribution in [0.1, 0.15) is 43.0 Å². The number of fused-ring (bicyclic) bond motifs is 2. The molecule has 3 fully saturated rings. The molecule has 1 saturated heterocycles. The van der Waals surface area contributed by atoms with E-state index in [0.717, 1.165) is 12.3 Å². The van der Waals surface area contributed by atoms with Crippen molar-refractivity contribution >= 4 is 23.3 Å². The summed E-state index contributed by atoms with van der Waals surface area (Å²) < 4.78 is 10.6. The highest BCUT2D eigenvalue weighted by molar-refractivity contribution is 5.97. The van der Waals surface area contributed by atoms with E-state index in [1.54, 1.807) is 6.07 Å². The smallest absolute Gasteiger partial charge is 0.341 e. The Balaban J connectivity index is 1.38. The Labute approximate surface area is 181 Å². The van der Waals surface area contributed by atoms with E-state index in [-0.39, 0.29) is 23.2 Å². The van der Waals surface area contributed by atoms with Crippen molar-refractivity contribution in [1.29, 1.82) is 0 Å². The first-order chi connectivity index (χ1) is 14.9. The molecule has 1 aliphatic heterocycles. The summed E-state index contributed by atoms with van der Waals surface area (Å²) in [5.74, 6) is 0.876. The molecule has 9 nitrogen and oxygen atoms in total. The van der Waals surface area contributed by atoms with Crippen LogP contribution in [0.4, 0.5) is 11.4 Å². The number of ether oxygens (including phenoxy) is 2. The highest BCUT2D eigenvalue weighted by atomic mass is 16.6. The zero-order chi connectivity index (χ0) is 22.0. The molecule has 2 bridgehead atoms. The number of hydrogen-bond acceptors (Lipinski definition) is 7. The van der Waals surface area contributed by atoms with Crippen LogP contribution in [0, 0.1) is 27.9 Å². The van der Waals surface area contributed by atoms with Crippen LogP contribution in [-0.2, 0) is 14.3 Å². The van der Waals surface area contributed by atoms with Crippen molar-refractivity contribution in [2.45, 2.75) is 38.6 Å². The number of carbonyl (C=O) groups is 2. The predicted molar refractivity (Wildman–Crippen MR) is 113 cm³/mol. The second-order valence-electron chi connectivity index (χ2n) is 8.83. The van der Waals surface area contributed by atoms with Gasteiger partial charge >= 0.3 is 5.97 Å². The van der Waals surface area contributed by atoms with E-state index < -0.39 is 17.5 Å². The van der Waals surface area contributed by atoms with Crippen molar-refractivity contribution in [3.05, 3.63) is 33.9 Å². The normalized spacial score (nSPS) is 25.8. The lowest BCUT2D eigenvalue weighted by Gasteiger charge is -2.30. The third-order valence-corrected chi connectivity index (χ3v) is 6.92. The van der Waals surface area contributed by atoms with Crippen LogP contribution in [-0.4, -0.2) is 55.8 Å². The highest BCUT2D eigenvalue weighted by Gasteiger charge is 2.42.